The van der Waals surface area contributed by atoms with Gasteiger partial charge in [0.1, 0.15) is 0 Å². The summed E-state index contributed by atoms with van der Waals surface area (Å²) in [7, 11) is 1.59. The molecule has 0 radical (unpaired) electrons. The van der Waals surface area contributed by atoms with E-state index in [1.165, 1.54) is 5.57 Å². The molecule has 58 valence electrons. The quantitative estimate of drug-likeness (QED) is 0.479. The summed E-state index contributed by atoms with van der Waals surface area (Å²) in [4.78, 5) is 4.64. The highest BCUT2D eigenvalue weighted by Gasteiger charge is 1.80. The zero-order chi connectivity index (χ0) is 7.98. The molecule has 1 N–H and O–H groups in total. The molecule has 0 aromatic carbocycles. The maximum absolute atomic E-state index is 4.64. The molecule has 0 aromatic rings. The number of nitrogens with one attached hydrogen (secondary N) is 1. The Morgan fingerprint density at radius 2 is 1.90 bits per heavy atom. The van der Waals surface area contributed by atoms with E-state index in [0.717, 1.165) is 5.57 Å². The van der Waals surface area contributed by atoms with Crippen molar-refractivity contribution < 1.29 is 4.84 Å². The largest absolute Gasteiger partial charge is 0.280 e. The van der Waals surface area contributed by atoms with Crippen molar-refractivity contribution in [2.75, 3.05) is 7.11 Å². The van der Waals surface area contributed by atoms with Crippen LogP contribution in [-0.4, -0.2) is 7.11 Å². The summed E-state index contributed by atoms with van der Waals surface area (Å²) in [6.07, 6.45) is 3.89. The molecule has 0 unspecified atom stereocenters. The van der Waals surface area contributed by atoms with Crippen molar-refractivity contribution in [1.29, 1.82) is 0 Å². The summed E-state index contributed by atoms with van der Waals surface area (Å²) in [6.45, 7) is 6.13. The monoisotopic (exact) mass is 141 g/mol. The molecule has 0 bridgehead atoms. The van der Waals surface area contributed by atoms with Gasteiger partial charge in [-0.25, -0.2) is 0 Å². The molecule has 0 aliphatic heterocycles. The molecule has 0 spiro atoms. The highest BCUT2D eigenvalue weighted by Crippen LogP contribution is 1.98. The fraction of sp³-hybridized carbons (Fsp3) is 0.500. The summed E-state index contributed by atoms with van der Waals surface area (Å²) in [5, 5.41) is 0. The number of hydroxylamine groups is 1. The maximum atomic E-state index is 4.64. The van der Waals surface area contributed by atoms with Gasteiger partial charge in [-0.05, 0) is 26.3 Å². The first-order valence-electron chi connectivity index (χ1n) is 3.27. The Labute approximate surface area is 62.5 Å². The Kier molecular flexibility index (Phi) is 4.67. The molecule has 0 aromatic heterocycles. The minimum atomic E-state index is 1.15. The van der Waals surface area contributed by atoms with E-state index in [1.807, 2.05) is 13.1 Å². The van der Waals surface area contributed by atoms with Gasteiger partial charge >= 0.3 is 0 Å². The molecule has 0 atom stereocenters. The van der Waals surface area contributed by atoms with Gasteiger partial charge in [0.15, 0.2) is 0 Å². The normalized spacial score (nSPS) is 11.0. The van der Waals surface area contributed by atoms with Gasteiger partial charge in [-0.1, -0.05) is 11.6 Å². The lowest BCUT2D eigenvalue weighted by Gasteiger charge is -1.96. The lowest BCUT2D eigenvalue weighted by Crippen LogP contribution is -2.01. The standard InChI is InChI=1S/C8H15NO/c1-7(2)5-8(3)6-9-10-4/h5-6,9H,1-4H3/b8-6-. The fourth-order valence-electron chi connectivity index (χ4n) is 0.649. The summed E-state index contributed by atoms with van der Waals surface area (Å²) < 4.78 is 0. The van der Waals surface area contributed by atoms with E-state index in [9.17, 15) is 0 Å². The fourth-order valence-corrected chi connectivity index (χ4v) is 0.649. The van der Waals surface area contributed by atoms with Gasteiger partial charge in [0, 0.05) is 6.20 Å². The second-order valence-electron chi connectivity index (χ2n) is 2.43. The van der Waals surface area contributed by atoms with Crippen molar-refractivity contribution in [3.8, 4) is 0 Å². The van der Waals surface area contributed by atoms with Crippen molar-refractivity contribution in [1.82, 2.24) is 5.48 Å². The molecule has 0 rings (SSSR count). The Balaban J connectivity index is 3.82. The minimum Gasteiger partial charge on any atom is -0.280 e. The molecule has 0 saturated heterocycles. The van der Waals surface area contributed by atoms with Crippen molar-refractivity contribution in [3.05, 3.63) is 23.4 Å². The van der Waals surface area contributed by atoms with Gasteiger partial charge in [-0.2, -0.15) is 0 Å². The third-order valence-corrected chi connectivity index (χ3v) is 0.921. The predicted octanol–water partition coefficient (Wildman–Crippen LogP) is 2.01. The van der Waals surface area contributed by atoms with Gasteiger partial charge in [-0.15, -0.1) is 0 Å². The first-order valence-corrected chi connectivity index (χ1v) is 3.27. The van der Waals surface area contributed by atoms with E-state index in [4.69, 9.17) is 0 Å². The number of hydrogen-bond donors (Lipinski definition) is 1. The Morgan fingerprint density at radius 1 is 1.30 bits per heavy atom. The van der Waals surface area contributed by atoms with E-state index >= 15 is 0 Å². The Morgan fingerprint density at radius 3 is 2.30 bits per heavy atom. The van der Waals surface area contributed by atoms with Crippen LogP contribution in [0.5, 0.6) is 0 Å². The van der Waals surface area contributed by atoms with E-state index in [2.05, 4.69) is 30.2 Å². The predicted molar refractivity (Wildman–Crippen MR) is 43.3 cm³/mol. The smallest absolute Gasteiger partial charge is 0.0636 e. The highest BCUT2D eigenvalue weighted by molar-refractivity contribution is 5.18. The summed E-state index contributed by atoms with van der Waals surface area (Å²) in [5.41, 5.74) is 5.09. The molecule has 2 heteroatoms. The lowest BCUT2D eigenvalue weighted by atomic mass is 10.2. The van der Waals surface area contributed by atoms with Crippen LogP contribution in [0.25, 0.3) is 0 Å². The molecule has 0 aliphatic carbocycles. The molecule has 0 aliphatic rings. The average molecular weight is 141 g/mol. The molecular formula is C8H15NO. The first kappa shape index (κ1) is 9.24. The van der Waals surface area contributed by atoms with Gasteiger partial charge in [0.2, 0.25) is 0 Å². The summed E-state index contributed by atoms with van der Waals surface area (Å²) in [6, 6.07) is 0. The third-order valence-electron chi connectivity index (χ3n) is 0.921. The van der Waals surface area contributed by atoms with Crippen LogP contribution in [0.1, 0.15) is 20.8 Å². The number of allylic oxidation sites excluding steroid dienone is 3. The van der Waals surface area contributed by atoms with Crippen LogP contribution in [0.15, 0.2) is 23.4 Å². The third kappa shape index (κ3) is 5.38. The molecule has 0 amide bonds. The zero-order valence-electron chi connectivity index (χ0n) is 7.06. The van der Waals surface area contributed by atoms with Gasteiger partial charge in [0.25, 0.3) is 0 Å². The molecule has 0 saturated carbocycles. The zero-order valence-corrected chi connectivity index (χ0v) is 7.06. The van der Waals surface area contributed by atoms with E-state index in [1.54, 1.807) is 7.11 Å². The van der Waals surface area contributed by atoms with Crippen molar-refractivity contribution in [2.45, 2.75) is 20.8 Å². The van der Waals surface area contributed by atoms with E-state index in [0.29, 0.717) is 0 Å². The molecule has 0 heterocycles. The van der Waals surface area contributed by atoms with Crippen LogP contribution in [0.3, 0.4) is 0 Å². The van der Waals surface area contributed by atoms with Crippen LogP contribution in [-0.2, 0) is 4.84 Å². The van der Waals surface area contributed by atoms with E-state index < -0.39 is 0 Å². The van der Waals surface area contributed by atoms with Crippen molar-refractivity contribution in [3.63, 3.8) is 0 Å². The maximum Gasteiger partial charge on any atom is 0.0636 e. The second-order valence-corrected chi connectivity index (χ2v) is 2.43. The van der Waals surface area contributed by atoms with Gasteiger partial charge in [-0.3, -0.25) is 10.3 Å². The van der Waals surface area contributed by atoms with Crippen LogP contribution in [0.4, 0.5) is 0 Å². The lowest BCUT2D eigenvalue weighted by molar-refractivity contribution is 0.128. The van der Waals surface area contributed by atoms with Crippen LogP contribution in [0.2, 0.25) is 0 Å². The first-order chi connectivity index (χ1) is 4.66. The average Bonchev–Trinajstić information content (AvgIpc) is 1.82. The van der Waals surface area contributed by atoms with Crippen LogP contribution in [0, 0.1) is 0 Å². The molecule has 2 nitrogen and oxygen atoms in total. The second kappa shape index (κ2) is 5.06. The van der Waals surface area contributed by atoms with Crippen LogP contribution < -0.4 is 5.48 Å². The van der Waals surface area contributed by atoms with Gasteiger partial charge in [0.05, 0.1) is 7.11 Å². The topological polar surface area (TPSA) is 21.3 Å². The van der Waals surface area contributed by atoms with Gasteiger partial charge < -0.3 is 0 Å². The molecule has 10 heavy (non-hydrogen) atoms. The highest BCUT2D eigenvalue weighted by atomic mass is 16.6. The van der Waals surface area contributed by atoms with Crippen molar-refractivity contribution in [2.24, 2.45) is 0 Å². The number of rotatable bonds is 3. The Hall–Kier alpha value is -0.760. The Bertz CT molecular complexity index is 143. The summed E-state index contributed by atoms with van der Waals surface area (Å²) >= 11 is 0. The molecule has 0 fully saturated rings. The van der Waals surface area contributed by atoms with Crippen molar-refractivity contribution >= 4 is 0 Å². The SMILES string of the molecule is CON/C=C(/C)C=C(C)C. The van der Waals surface area contributed by atoms with Crippen LogP contribution >= 0.6 is 0 Å². The van der Waals surface area contributed by atoms with E-state index in [-0.39, 0.29) is 0 Å². The number of hydrogen-bond acceptors (Lipinski definition) is 2. The minimum absolute atomic E-state index is 1.15. The molecular weight excluding hydrogens is 126 g/mol. The summed E-state index contributed by atoms with van der Waals surface area (Å²) in [5.74, 6) is 0.